The highest BCUT2D eigenvalue weighted by Gasteiger charge is 2.19. The number of rotatable bonds is 7. The van der Waals surface area contributed by atoms with Crippen molar-refractivity contribution in [2.75, 3.05) is 31.9 Å². The number of amides is 2. The summed E-state index contributed by atoms with van der Waals surface area (Å²) in [6.07, 6.45) is 2.00. The van der Waals surface area contributed by atoms with Gasteiger partial charge < -0.3 is 29.6 Å². The maximum atomic E-state index is 12.5. The number of benzene rings is 2. The van der Waals surface area contributed by atoms with E-state index in [-0.39, 0.29) is 31.3 Å². The van der Waals surface area contributed by atoms with Crippen LogP contribution < -0.4 is 24.8 Å². The predicted molar refractivity (Wildman–Crippen MR) is 104 cm³/mol. The number of anilines is 1. The number of ether oxygens (including phenoxy) is 4. The van der Waals surface area contributed by atoms with Gasteiger partial charge in [-0.3, -0.25) is 9.59 Å². The Morgan fingerprint density at radius 2 is 1.97 bits per heavy atom. The van der Waals surface area contributed by atoms with E-state index >= 15 is 0 Å². The molecule has 152 valence electrons. The summed E-state index contributed by atoms with van der Waals surface area (Å²) in [6, 6.07) is 11.9. The van der Waals surface area contributed by atoms with Gasteiger partial charge in [0.2, 0.25) is 6.79 Å². The molecular formula is C21H22N2O6. The molecule has 2 aliphatic heterocycles. The molecule has 1 saturated heterocycles. The maximum Gasteiger partial charge on any atom is 0.262 e. The first-order valence-corrected chi connectivity index (χ1v) is 9.50. The molecule has 0 unspecified atom stereocenters. The summed E-state index contributed by atoms with van der Waals surface area (Å²) in [4.78, 5) is 24.8. The quantitative estimate of drug-likeness (QED) is 0.743. The van der Waals surface area contributed by atoms with Gasteiger partial charge in [-0.2, -0.15) is 0 Å². The Morgan fingerprint density at radius 1 is 1.10 bits per heavy atom. The van der Waals surface area contributed by atoms with Crippen LogP contribution >= 0.6 is 0 Å². The second-order valence-corrected chi connectivity index (χ2v) is 6.74. The summed E-state index contributed by atoms with van der Waals surface area (Å²) >= 11 is 0. The van der Waals surface area contributed by atoms with Crippen molar-refractivity contribution in [3.63, 3.8) is 0 Å². The van der Waals surface area contributed by atoms with Crippen molar-refractivity contribution in [3.8, 4) is 17.2 Å². The van der Waals surface area contributed by atoms with Gasteiger partial charge in [0.25, 0.3) is 11.8 Å². The SMILES string of the molecule is O=C(COc1ccc2c(c1)OCO2)Nc1ccccc1C(=O)NC[C@@H]1CCCO1. The first-order chi connectivity index (χ1) is 14.2. The van der Waals surface area contributed by atoms with Gasteiger partial charge in [-0.25, -0.2) is 0 Å². The molecule has 2 aliphatic rings. The number of carbonyl (C=O) groups excluding carboxylic acids is 2. The minimum absolute atomic E-state index is 0.0517. The van der Waals surface area contributed by atoms with Gasteiger partial charge in [-0.15, -0.1) is 0 Å². The van der Waals surface area contributed by atoms with Crippen LogP contribution in [0.15, 0.2) is 42.5 Å². The lowest BCUT2D eigenvalue weighted by Gasteiger charge is -2.14. The Bertz CT molecular complexity index is 894. The number of carbonyl (C=O) groups is 2. The molecule has 8 heteroatoms. The second kappa shape index (κ2) is 8.83. The molecule has 0 spiro atoms. The van der Waals surface area contributed by atoms with E-state index < -0.39 is 0 Å². The fourth-order valence-electron chi connectivity index (χ4n) is 3.20. The van der Waals surface area contributed by atoms with Crippen molar-refractivity contribution in [2.24, 2.45) is 0 Å². The summed E-state index contributed by atoms with van der Waals surface area (Å²) in [6.45, 7) is 1.15. The van der Waals surface area contributed by atoms with E-state index in [0.29, 0.717) is 35.0 Å². The molecule has 1 fully saturated rings. The minimum Gasteiger partial charge on any atom is -0.484 e. The van der Waals surface area contributed by atoms with Crippen LogP contribution in [0.1, 0.15) is 23.2 Å². The Balaban J connectivity index is 1.32. The van der Waals surface area contributed by atoms with E-state index in [1.54, 1.807) is 42.5 Å². The maximum absolute atomic E-state index is 12.5. The van der Waals surface area contributed by atoms with Gasteiger partial charge in [-0.05, 0) is 37.1 Å². The van der Waals surface area contributed by atoms with E-state index in [0.717, 1.165) is 19.4 Å². The molecule has 0 saturated carbocycles. The second-order valence-electron chi connectivity index (χ2n) is 6.74. The zero-order chi connectivity index (χ0) is 20.1. The monoisotopic (exact) mass is 398 g/mol. The fourth-order valence-corrected chi connectivity index (χ4v) is 3.20. The number of fused-ring (bicyclic) bond motifs is 1. The van der Waals surface area contributed by atoms with Crippen LogP contribution in [0.3, 0.4) is 0 Å². The molecule has 0 aromatic heterocycles. The van der Waals surface area contributed by atoms with Gasteiger partial charge in [0.1, 0.15) is 5.75 Å². The molecule has 4 rings (SSSR count). The highest BCUT2D eigenvalue weighted by molar-refractivity contribution is 6.04. The highest BCUT2D eigenvalue weighted by atomic mass is 16.7. The summed E-state index contributed by atoms with van der Waals surface area (Å²) in [7, 11) is 0. The Morgan fingerprint density at radius 3 is 2.83 bits per heavy atom. The van der Waals surface area contributed by atoms with Crippen molar-refractivity contribution in [1.29, 1.82) is 0 Å². The van der Waals surface area contributed by atoms with Crippen LogP contribution in [0.2, 0.25) is 0 Å². The molecule has 29 heavy (non-hydrogen) atoms. The molecular weight excluding hydrogens is 376 g/mol. The summed E-state index contributed by atoms with van der Waals surface area (Å²) in [5.74, 6) is 1.09. The van der Waals surface area contributed by atoms with Gasteiger partial charge in [0.05, 0.1) is 17.4 Å². The molecule has 2 aromatic carbocycles. The van der Waals surface area contributed by atoms with Crippen molar-refractivity contribution < 1.29 is 28.5 Å². The van der Waals surface area contributed by atoms with Crippen LogP contribution in [-0.4, -0.2) is 44.5 Å². The van der Waals surface area contributed by atoms with E-state index in [4.69, 9.17) is 18.9 Å². The summed E-state index contributed by atoms with van der Waals surface area (Å²) < 4.78 is 21.6. The van der Waals surface area contributed by atoms with Crippen LogP contribution in [-0.2, 0) is 9.53 Å². The summed E-state index contributed by atoms with van der Waals surface area (Å²) in [5.41, 5.74) is 0.818. The molecule has 0 radical (unpaired) electrons. The van der Waals surface area contributed by atoms with Gasteiger partial charge in [0.15, 0.2) is 18.1 Å². The molecule has 2 aromatic rings. The lowest BCUT2D eigenvalue weighted by molar-refractivity contribution is -0.118. The average Bonchev–Trinajstić information content (AvgIpc) is 3.42. The zero-order valence-electron chi connectivity index (χ0n) is 15.8. The van der Waals surface area contributed by atoms with Gasteiger partial charge in [-0.1, -0.05) is 12.1 Å². The number of hydrogen-bond donors (Lipinski definition) is 2. The normalized spacial score (nSPS) is 17.0. The lowest BCUT2D eigenvalue weighted by Crippen LogP contribution is -2.32. The highest BCUT2D eigenvalue weighted by Crippen LogP contribution is 2.35. The van der Waals surface area contributed by atoms with E-state index in [1.807, 2.05) is 0 Å². The Labute approximate surface area is 168 Å². The standard InChI is InChI=1S/C21H22N2O6/c24-20(12-27-14-7-8-18-19(10-14)29-13-28-18)23-17-6-2-1-5-16(17)21(25)22-11-15-4-3-9-26-15/h1-2,5-8,10,15H,3-4,9,11-13H2,(H,22,25)(H,23,24)/t15-/m0/s1. The van der Waals surface area contributed by atoms with Crippen LogP contribution in [0.4, 0.5) is 5.69 Å². The van der Waals surface area contributed by atoms with Crippen molar-refractivity contribution >= 4 is 17.5 Å². The molecule has 0 bridgehead atoms. The lowest BCUT2D eigenvalue weighted by atomic mass is 10.1. The fraction of sp³-hybridized carbons (Fsp3) is 0.333. The number of nitrogens with one attached hydrogen (secondary N) is 2. The molecule has 0 aliphatic carbocycles. The average molecular weight is 398 g/mol. The van der Waals surface area contributed by atoms with Crippen molar-refractivity contribution in [1.82, 2.24) is 5.32 Å². The smallest absolute Gasteiger partial charge is 0.262 e. The molecule has 8 nitrogen and oxygen atoms in total. The number of para-hydroxylation sites is 1. The molecule has 1 atom stereocenters. The van der Waals surface area contributed by atoms with Crippen molar-refractivity contribution in [2.45, 2.75) is 18.9 Å². The summed E-state index contributed by atoms with van der Waals surface area (Å²) in [5, 5.41) is 5.59. The first-order valence-electron chi connectivity index (χ1n) is 9.50. The Kier molecular flexibility index (Phi) is 5.81. The van der Waals surface area contributed by atoms with E-state index in [1.165, 1.54) is 0 Å². The third kappa shape index (κ3) is 4.78. The largest absolute Gasteiger partial charge is 0.484 e. The molecule has 2 N–H and O–H groups in total. The molecule has 2 heterocycles. The van der Waals surface area contributed by atoms with Gasteiger partial charge >= 0.3 is 0 Å². The van der Waals surface area contributed by atoms with E-state index in [9.17, 15) is 9.59 Å². The first kappa shape index (κ1) is 19.1. The molecule has 2 amide bonds. The third-order valence-electron chi connectivity index (χ3n) is 4.67. The van der Waals surface area contributed by atoms with Crippen molar-refractivity contribution in [3.05, 3.63) is 48.0 Å². The zero-order valence-corrected chi connectivity index (χ0v) is 15.8. The predicted octanol–water partition coefficient (Wildman–Crippen LogP) is 2.34. The number of hydrogen-bond acceptors (Lipinski definition) is 6. The van der Waals surface area contributed by atoms with Crippen LogP contribution in [0, 0.1) is 0 Å². The van der Waals surface area contributed by atoms with Crippen LogP contribution in [0.5, 0.6) is 17.2 Å². The van der Waals surface area contributed by atoms with Gasteiger partial charge in [0, 0.05) is 19.2 Å². The minimum atomic E-state index is -0.373. The third-order valence-corrected chi connectivity index (χ3v) is 4.67. The van der Waals surface area contributed by atoms with E-state index in [2.05, 4.69) is 10.6 Å². The topological polar surface area (TPSA) is 95.1 Å². The van der Waals surface area contributed by atoms with Crippen LogP contribution in [0.25, 0.3) is 0 Å². The Hall–Kier alpha value is -3.26.